The number of halogens is 1. The van der Waals surface area contributed by atoms with Crippen LogP contribution in [-0.4, -0.2) is 5.91 Å². The molecule has 0 fully saturated rings. The summed E-state index contributed by atoms with van der Waals surface area (Å²) in [7, 11) is 0. The van der Waals surface area contributed by atoms with Crippen molar-refractivity contribution >= 4 is 27.5 Å². The topological polar surface area (TPSA) is 29.1 Å². The highest BCUT2D eigenvalue weighted by Crippen LogP contribution is 2.17. The van der Waals surface area contributed by atoms with Crippen LogP contribution in [0.3, 0.4) is 0 Å². The number of hydrogen-bond acceptors (Lipinski definition) is 1. The Kier molecular flexibility index (Phi) is 3.82. The van der Waals surface area contributed by atoms with Crippen molar-refractivity contribution in [1.29, 1.82) is 0 Å². The van der Waals surface area contributed by atoms with E-state index in [4.69, 9.17) is 0 Å². The monoisotopic (exact) mass is 303 g/mol. The van der Waals surface area contributed by atoms with E-state index in [1.807, 2.05) is 56.3 Å². The van der Waals surface area contributed by atoms with Crippen molar-refractivity contribution in [3.05, 3.63) is 63.6 Å². The number of rotatable bonds is 2. The first-order valence-corrected chi connectivity index (χ1v) is 6.50. The number of amides is 1. The second-order valence-corrected chi connectivity index (χ2v) is 5.18. The summed E-state index contributed by atoms with van der Waals surface area (Å²) in [5.41, 5.74) is 3.77. The molecule has 0 aliphatic rings. The van der Waals surface area contributed by atoms with Crippen LogP contribution in [0, 0.1) is 13.8 Å². The van der Waals surface area contributed by atoms with E-state index in [1.165, 1.54) is 5.56 Å². The van der Waals surface area contributed by atoms with E-state index >= 15 is 0 Å². The van der Waals surface area contributed by atoms with Gasteiger partial charge in [0.15, 0.2) is 0 Å². The largest absolute Gasteiger partial charge is 0.322 e. The minimum atomic E-state index is -0.0869. The smallest absolute Gasteiger partial charge is 0.255 e. The molecule has 0 aliphatic carbocycles. The molecule has 1 N–H and O–H groups in total. The number of aryl methyl sites for hydroxylation is 2. The minimum Gasteiger partial charge on any atom is -0.322 e. The number of nitrogens with one attached hydrogen (secondary N) is 1. The van der Waals surface area contributed by atoms with Crippen LogP contribution < -0.4 is 5.32 Å². The molecule has 3 heteroatoms. The van der Waals surface area contributed by atoms with Gasteiger partial charge in [-0.3, -0.25) is 4.79 Å². The predicted octanol–water partition coefficient (Wildman–Crippen LogP) is 4.32. The van der Waals surface area contributed by atoms with Gasteiger partial charge in [0.25, 0.3) is 5.91 Å². The third-order valence-corrected chi connectivity index (χ3v) is 3.34. The summed E-state index contributed by atoms with van der Waals surface area (Å²) in [4.78, 5) is 12.1. The molecule has 0 bridgehead atoms. The fourth-order valence-corrected chi connectivity index (χ4v) is 2.05. The van der Waals surface area contributed by atoms with Gasteiger partial charge in [0, 0.05) is 15.7 Å². The number of benzene rings is 2. The number of anilines is 1. The van der Waals surface area contributed by atoms with Gasteiger partial charge in [-0.2, -0.15) is 0 Å². The summed E-state index contributed by atoms with van der Waals surface area (Å²) in [6, 6.07) is 13.3. The van der Waals surface area contributed by atoms with E-state index in [9.17, 15) is 4.79 Å². The quantitative estimate of drug-likeness (QED) is 0.879. The van der Waals surface area contributed by atoms with Crippen LogP contribution in [0.4, 0.5) is 5.69 Å². The number of carbonyl (C=O) groups excluding carboxylic acids is 1. The maximum Gasteiger partial charge on any atom is 0.255 e. The molecule has 0 atom stereocenters. The third kappa shape index (κ3) is 2.99. The molecular weight excluding hydrogens is 290 g/mol. The van der Waals surface area contributed by atoms with Gasteiger partial charge >= 0.3 is 0 Å². The normalized spacial score (nSPS) is 10.2. The molecule has 0 saturated carbocycles. The van der Waals surface area contributed by atoms with Crippen molar-refractivity contribution in [2.75, 3.05) is 5.32 Å². The molecule has 0 heterocycles. The van der Waals surface area contributed by atoms with Crippen molar-refractivity contribution in [2.24, 2.45) is 0 Å². The first-order valence-electron chi connectivity index (χ1n) is 5.70. The fraction of sp³-hybridized carbons (Fsp3) is 0.133. The molecule has 92 valence electrons. The van der Waals surface area contributed by atoms with E-state index < -0.39 is 0 Å². The van der Waals surface area contributed by atoms with Gasteiger partial charge in [0.1, 0.15) is 0 Å². The van der Waals surface area contributed by atoms with Crippen molar-refractivity contribution in [3.8, 4) is 0 Å². The summed E-state index contributed by atoms with van der Waals surface area (Å²) in [6.07, 6.45) is 0. The van der Waals surface area contributed by atoms with Crippen molar-refractivity contribution in [1.82, 2.24) is 0 Å². The summed E-state index contributed by atoms with van der Waals surface area (Å²) in [5.74, 6) is -0.0869. The Balaban J connectivity index is 2.19. The van der Waals surface area contributed by atoms with Crippen LogP contribution in [0.2, 0.25) is 0 Å². The zero-order chi connectivity index (χ0) is 13.1. The number of hydrogen-bond donors (Lipinski definition) is 1. The van der Waals surface area contributed by atoms with Gasteiger partial charge in [-0.15, -0.1) is 0 Å². The summed E-state index contributed by atoms with van der Waals surface area (Å²) < 4.78 is 0.945. The molecule has 1 amide bonds. The first-order chi connectivity index (χ1) is 8.56. The van der Waals surface area contributed by atoms with Crippen molar-refractivity contribution in [3.63, 3.8) is 0 Å². The molecule has 0 spiro atoms. The summed E-state index contributed by atoms with van der Waals surface area (Å²) in [6.45, 7) is 4.04. The molecule has 0 aliphatic heterocycles. The van der Waals surface area contributed by atoms with E-state index in [1.54, 1.807) is 0 Å². The maximum absolute atomic E-state index is 12.1. The second-order valence-electron chi connectivity index (χ2n) is 4.26. The van der Waals surface area contributed by atoms with E-state index in [0.717, 1.165) is 15.7 Å². The first kappa shape index (κ1) is 12.8. The molecule has 0 aromatic heterocycles. The van der Waals surface area contributed by atoms with Crippen LogP contribution in [0.5, 0.6) is 0 Å². The van der Waals surface area contributed by atoms with Crippen LogP contribution in [0.1, 0.15) is 21.5 Å². The SMILES string of the molecule is Cc1ccc(C(=O)Nc2cccc(Br)c2)cc1C. The standard InChI is InChI=1S/C15H14BrNO/c1-10-6-7-12(8-11(10)2)15(18)17-14-5-3-4-13(16)9-14/h3-9H,1-2H3,(H,17,18). The molecule has 2 nitrogen and oxygen atoms in total. The zero-order valence-corrected chi connectivity index (χ0v) is 11.9. The molecule has 18 heavy (non-hydrogen) atoms. The number of carbonyl (C=O) groups is 1. The molecule has 0 radical (unpaired) electrons. The van der Waals surface area contributed by atoms with Crippen molar-refractivity contribution in [2.45, 2.75) is 13.8 Å². The third-order valence-electron chi connectivity index (χ3n) is 2.85. The molecule has 2 rings (SSSR count). The zero-order valence-electron chi connectivity index (χ0n) is 10.3. The van der Waals surface area contributed by atoms with Gasteiger partial charge in [0.05, 0.1) is 0 Å². The highest BCUT2D eigenvalue weighted by molar-refractivity contribution is 9.10. The van der Waals surface area contributed by atoms with E-state index in [0.29, 0.717) is 5.56 Å². The fourth-order valence-electron chi connectivity index (χ4n) is 1.65. The average molecular weight is 304 g/mol. The Morgan fingerprint density at radius 2 is 1.83 bits per heavy atom. The minimum absolute atomic E-state index is 0.0869. The Morgan fingerprint density at radius 3 is 2.50 bits per heavy atom. The van der Waals surface area contributed by atoms with Gasteiger partial charge in [-0.1, -0.05) is 28.1 Å². The Hall–Kier alpha value is -1.61. The molecular formula is C15H14BrNO. The molecule has 0 unspecified atom stereocenters. The highest BCUT2D eigenvalue weighted by atomic mass is 79.9. The lowest BCUT2D eigenvalue weighted by Crippen LogP contribution is -2.12. The van der Waals surface area contributed by atoms with Gasteiger partial charge in [-0.25, -0.2) is 0 Å². The second kappa shape index (κ2) is 5.36. The van der Waals surface area contributed by atoms with E-state index in [-0.39, 0.29) is 5.91 Å². The maximum atomic E-state index is 12.1. The lowest BCUT2D eigenvalue weighted by Gasteiger charge is -2.07. The molecule has 2 aromatic rings. The van der Waals surface area contributed by atoms with E-state index in [2.05, 4.69) is 21.2 Å². The highest BCUT2D eigenvalue weighted by Gasteiger charge is 2.07. The summed E-state index contributed by atoms with van der Waals surface area (Å²) >= 11 is 3.38. The van der Waals surface area contributed by atoms with Gasteiger partial charge in [0.2, 0.25) is 0 Å². The Morgan fingerprint density at radius 1 is 1.06 bits per heavy atom. The lowest BCUT2D eigenvalue weighted by molar-refractivity contribution is 0.102. The lowest BCUT2D eigenvalue weighted by atomic mass is 10.1. The predicted molar refractivity (Wildman–Crippen MR) is 78.0 cm³/mol. The Labute approximate surface area is 115 Å². The Bertz CT molecular complexity index is 593. The van der Waals surface area contributed by atoms with Crippen LogP contribution in [-0.2, 0) is 0 Å². The van der Waals surface area contributed by atoms with Crippen LogP contribution >= 0.6 is 15.9 Å². The molecule has 2 aromatic carbocycles. The summed E-state index contributed by atoms with van der Waals surface area (Å²) in [5, 5.41) is 2.88. The van der Waals surface area contributed by atoms with Gasteiger partial charge < -0.3 is 5.32 Å². The van der Waals surface area contributed by atoms with Crippen LogP contribution in [0.15, 0.2) is 46.9 Å². The average Bonchev–Trinajstić information content (AvgIpc) is 2.32. The van der Waals surface area contributed by atoms with Crippen molar-refractivity contribution < 1.29 is 4.79 Å². The van der Waals surface area contributed by atoms with Crippen LogP contribution in [0.25, 0.3) is 0 Å². The molecule has 0 saturated heterocycles. The van der Waals surface area contributed by atoms with Gasteiger partial charge in [-0.05, 0) is 55.3 Å².